The molecule has 2 aromatic carbocycles. The average Bonchev–Trinajstić information content (AvgIpc) is 2.65. The van der Waals surface area contributed by atoms with Crippen LogP contribution < -0.4 is 10.2 Å². The van der Waals surface area contributed by atoms with Crippen molar-refractivity contribution in [3.8, 4) is 0 Å². The summed E-state index contributed by atoms with van der Waals surface area (Å²) in [5, 5.41) is 14.4. The summed E-state index contributed by atoms with van der Waals surface area (Å²) >= 11 is 6.36. The van der Waals surface area contributed by atoms with Gasteiger partial charge >= 0.3 is 6.09 Å². The van der Waals surface area contributed by atoms with Crippen LogP contribution in [-0.4, -0.2) is 28.7 Å². The van der Waals surface area contributed by atoms with Crippen molar-refractivity contribution in [1.82, 2.24) is 5.32 Å². The number of halogens is 1. The minimum Gasteiger partial charge on any atom is -0.438 e. The van der Waals surface area contributed by atoms with Gasteiger partial charge in [-0.3, -0.25) is 4.90 Å². The summed E-state index contributed by atoms with van der Waals surface area (Å²) in [6.07, 6.45) is -1.76. The van der Waals surface area contributed by atoms with Gasteiger partial charge in [-0.25, -0.2) is 9.79 Å². The number of alkyl carbamates (subject to hydrolysis) is 1. The number of nitrogens with one attached hydrogen (secondary N) is 1. The number of hydrogen-bond donors (Lipinski definition) is 2. The van der Waals surface area contributed by atoms with Crippen LogP contribution in [-0.2, 0) is 4.74 Å². The van der Waals surface area contributed by atoms with Crippen LogP contribution in [0, 0.1) is 0 Å². The Bertz CT molecular complexity index is 909. The van der Waals surface area contributed by atoms with Crippen LogP contribution in [0.1, 0.15) is 45.9 Å². The second-order valence-corrected chi connectivity index (χ2v) is 8.31. The van der Waals surface area contributed by atoms with Gasteiger partial charge < -0.3 is 15.2 Å². The number of anilines is 1. The molecular formula is C22H26ClN3O3. The third-order valence-corrected chi connectivity index (χ3v) is 4.76. The molecule has 0 aromatic heterocycles. The van der Waals surface area contributed by atoms with E-state index in [-0.39, 0.29) is 0 Å². The minimum absolute atomic E-state index is 0.428. The van der Waals surface area contributed by atoms with E-state index in [2.05, 4.69) is 5.32 Å². The summed E-state index contributed by atoms with van der Waals surface area (Å²) in [7, 11) is 0. The third kappa shape index (κ3) is 4.71. The fourth-order valence-electron chi connectivity index (χ4n) is 3.18. The molecule has 0 bridgehead atoms. The van der Waals surface area contributed by atoms with Crippen LogP contribution in [0.4, 0.5) is 16.2 Å². The monoisotopic (exact) mass is 415 g/mol. The fraction of sp³-hybridized carbons (Fsp3) is 0.364. The van der Waals surface area contributed by atoms with E-state index in [0.717, 1.165) is 5.69 Å². The largest absolute Gasteiger partial charge is 0.438 e. The number of rotatable bonds is 4. The maximum Gasteiger partial charge on any atom is 0.408 e. The molecule has 0 unspecified atom stereocenters. The molecule has 2 aromatic rings. The fourth-order valence-corrected chi connectivity index (χ4v) is 3.45. The zero-order chi connectivity index (χ0) is 21.2. The van der Waals surface area contributed by atoms with Gasteiger partial charge in [0, 0.05) is 16.8 Å². The summed E-state index contributed by atoms with van der Waals surface area (Å²) in [5.74, 6) is 0.449. The van der Waals surface area contributed by atoms with Crippen molar-refractivity contribution in [1.29, 1.82) is 0 Å². The number of nitrogens with zero attached hydrogens (tertiary/aromatic N) is 2. The van der Waals surface area contributed by atoms with Crippen LogP contribution in [0.2, 0.25) is 5.02 Å². The Morgan fingerprint density at radius 3 is 2.55 bits per heavy atom. The predicted octanol–water partition coefficient (Wildman–Crippen LogP) is 5.18. The Morgan fingerprint density at radius 2 is 1.93 bits per heavy atom. The molecule has 0 radical (unpaired) electrons. The molecule has 2 atom stereocenters. The van der Waals surface area contributed by atoms with Crippen LogP contribution in [0.15, 0.2) is 53.5 Å². The summed E-state index contributed by atoms with van der Waals surface area (Å²) in [5.41, 5.74) is 1.38. The van der Waals surface area contributed by atoms with Crippen LogP contribution in [0.5, 0.6) is 0 Å². The smallest absolute Gasteiger partial charge is 0.408 e. The van der Waals surface area contributed by atoms with Gasteiger partial charge in [-0.1, -0.05) is 42.8 Å². The number of aliphatic hydroxyl groups excluding tert-OH is 1. The Hall–Kier alpha value is -2.57. The lowest BCUT2D eigenvalue weighted by atomic mass is 10.0. The normalized spacial score (nSPS) is 17.2. The number of ether oxygens (including phenoxy) is 1. The molecule has 6 nitrogen and oxygen atoms in total. The number of fused-ring (bicyclic) bond motifs is 1. The van der Waals surface area contributed by atoms with Crippen LogP contribution in [0.25, 0.3) is 0 Å². The second-order valence-electron chi connectivity index (χ2n) is 7.90. The van der Waals surface area contributed by atoms with Crippen molar-refractivity contribution in [2.45, 2.75) is 52.0 Å². The lowest BCUT2D eigenvalue weighted by molar-refractivity contribution is 0.113. The SMILES string of the molecule is CC[C@H](OC(=O)NC(C)(C)C)C1=Nc2cccc(Cl)c2[C@H](O)N1c1ccccc1. The predicted molar refractivity (Wildman–Crippen MR) is 116 cm³/mol. The van der Waals surface area contributed by atoms with E-state index in [4.69, 9.17) is 21.3 Å². The van der Waals surface area contributed by atoms with Gasteiger partial charge in [0.1, 0.15) is 0 Å². The molecular weight excluding hydrogens is 390 g/mol. The second kappa shape index (κ2) is 8.43. The molecule has 1 heterocycles. The first-order valence-corrected chi connectivity index (χ1v) is 9.97. The number of amidine groups is 1. The Labute approximate surface area is 176 Å². The molecule has 1 amide bonds. The van der Waals surface area contributed by atoms with Gasteiger partial charge in [-0.2, -0.15) is 0 Å². The molecule has 0 saturated heterocycles. The zero-order valence-electron chi connectivity index (χ0n) is 17.0. The van der Waals surface area contributed by atoms with Crippen molar-refractivity contribution in [3.63, 3.8) is 0 Å². The minimum atomic E-state index is -1.06. The highest BCUT2D eigenvalue weighted by molar-refractivity contribution is 6.32. The quantitative estimate of drug-likeness (QED) is 0.721. The van der Waals surface area contributed by atoms with E-state index in [1.165, 1.54) is 0 Å². The van der Waals surface area contributed by atoms with E-state index in [0.29, 0.717) is 28.5 Å². The van der Waals surface area contributed by atoms with Gasteiger partial charge in [0.25, 0.3) is 0 Å². The topological polar surface area (TPSA) is 74.2 Å². The molecule has 29 heavy (non-hydrogen) atoms. The number of benzene rings is 2. The standard InChI is InChI=1S/C22H26ClN3O3/c1-5-17(29-21(28)25-22(2,3)4)19-24-16-13-9-12-15(23)18(16)20(27)26(19)14-10-7-6-8-11-14/h6-13,17,20,27H,5H2,1-4H3,(H,25,28)/t17-,20-/m0/s1. The lowest BCUT2D eigenvalue weighted by Crippen LogP contribution is -2.48. The van der Waals surface area contributed by atoms with Crippen LogP contribution >= 0.6 is 11.6 Å². The van der Waals surface area contributed by atoms with Gasteiger partial charge in [0.15, 0.2) is 18.2 Å². The molecule has 0 aliphatic carbocycles. The third-order valence-electron chi connectivity index (χ3n) is 4.43. The first-order chi connectivity index (χ1) is 13.7. The van der Waals surface area contributed by atoms with E-state index in [1.807, 2.05) is 58.0 Å². The number of carbonyl (C=O) groups excluding carboxylic acids is 1. The van der Waals surface area contributed by atoms with Crippen molar-refractivity contribution in [3.05, 3.63) is 59.1 Å². The lowest BCUT2D eigenvalue weighted by Gasteiger charge is -2.38. The molecule has 154 valence electrons. The van der Waals surface area contributed by atoms with Gasteiger partial charge in [0.05, 0.1) is 10.7 Å². The highest BCUT2D eigenvalue weighted by atomic mass is 35.5. The molecule has 1 aliphatic heterocycles. The van der Waals surface area contributed by atoms with Crippen molar-refractivity contribution < 1.29 is 14.6 Å². The van der Waals surface area contributed by atoms with Crippen molar-refractivity contribution in [2.75, 3.05) is 4.90 Å². The van der Waals surface area contributed by atoms with Crippen molar-refractivity contribution in [2.24, 2.45) is 4.99 Å². The number of aliphatic hydroxyl groups is 1. The van der Waals surface area contributed by atoms with Gasteiger partial charge in [-0.15, -0.1) is 0 Å². The van der Waals surface area contributed by atoms with Gasteiger partial charge in [0.2, 0.25) is 0 Å². The molecule has 0 spiro atoms. The first kappa shape index (κ1) is 21.1. The van der Waals surface area contributed by atoms with Gasteiger partial charge in [-0.05, 0) is 51.5 Å². The molecule has 0 fully saturated rings. The van der Waals surface area contributed by atoms with Crippen LogP contribution in [0.3, 0.4) is 0 Å². The maximum absolute atomic E-state index is 12.4. The van der Waals surface area contributed by atoms with E-state index < -0.39 is 24.0 Å². The number of para-hydroxylation sites is 1. The molecule has 1 aliphatic rings. The zero-order valence-corrected chi connectivity index (χ0v) is 17.8. The highest BCUT2D eigenvalue weighted by Gasteiger charge is 2.36. The molecule has 3 rings (SSSR count). The maximum atomic E-state index is 12.4. The number of carbonyl (C=O) groups is 1. The first-order valence-electron chi connectivity index (χ1n) is 9.59. The number of aliphatic imine (C=N–C) groups is 1. The van der Waals surface area contributed by atoms with Crippen molar-refractivity contribution >= 4 is 34.9 Å². The highest BCUT2D eigenvalue weighted by Crippen LogP contribution is 2.41. The Balaban J connectivity index is 2.05. The summed E-state index contributed by atoms with van der Waals surface area (Å²) in [6.45, 7) is 7.55. The summed E-state index contributed by atoms with van der Waals surface area (Å²) in [6, 6.07) is 14.6. The van der Waals surface area contributed by atoms with E-state index in [1.54, 1.807) is 23.1 Å². The summed E-state index contributed by atoms with van der Waals surface area (Å²) < 4.78 is 5.69. The number of hydrogen-bond acceptors (Lipinski definition) is 5. The molecule has 7 heteroatoms. The molecule has 2 N–H and O–H groups in total. The Morgan fingerprint density at radius 1 is 1.24 bits per heavy atom. The Kier molecular flexibility index (Phi) is 6.15. The average molecular weight is 416 g/mol. The number of amides is 1. The molecule has 0 saturated carbocycles. The van der Waals surface area contributed by atoms with E-state index >= 15 is 0 Å². The summed E-state index contributed by atoms with van der Waals surface area (Å²) in [4.78, 5) is 18.8. The van der Waals surface area contributed by atoms with E-state index in [9.17, 15) is 9.90 Å².